The zero-order valence-corrected chi connectivity index (χ0v) is 12.6. The van der Waals surface area contributed by atoms with Crippen LogP contribution in [-0.2, 0) is 11.3 Å². The molecule has 0 aliphatic carbocycles. The maximum Gasteiger partial charge on any atom is 0.337 e. The van der Waals surface area contributed by atoms with Crippen molar-refractivity contribution in [2.24, 2.45) is 0 Å². The Hall–Kier alpha value is -2.67. The average molecular weight is 315 g/mol. The number of hydrogen-bond acceptors (Lipinski definition) is 7. The van der Waals surface area contributed by atoms with Gasteiger partial charge in [-0.3, -0.25) is 0 Å². The Morgan fingerprint density at radius 3 is 3.09 bits per heavy atom. The van der Waals surface area contributed by atoms with Crippen molar-refractivity contribution in [2.75, 3.05) is 12.4 Å². The standard InChI is InChI=1S/C15H13N3O3S/c1-20-15(19)10-3-2-4-12(7-10)16-8-13-17-14(18-21-13)11-5-6-22-9-11/h2-7,9,16H,8H2,1H3. The third kappa shape index (κ3) is 3.15. The summed E-state index contributed by atoms with van der Waals surface area (Å²) in [5.74, 6) is 0.673. The molecule has 7 heteroatoms. The van der Waals surface area contributed by atoms with Crippen LogP contribution in [0, 0.1) is 0 Å². The summed E-state index contributed by atoms with van der Waals surface area (Å²) >= 11 is 1.58. The third-order valence-corrected chi connectivity index (χ3v) is 3.66. The number of benzene rings is 1. The summed E-state index contributed by atoms with van der Waals surface area (Å²) in [7, 11) is 1.35. The van der Waals surface area contributed by atoms with Crippen LogP contribution in [0.1, 0.15) is 16.2 Å². The molecule has 0 bridgehead atoms. The first-order valence-electron chi connectivity index (χ1n) is 6.53. The van der Waals surface area contributed by atoms with Gasteiger partial charge >= 0.3 is 5.97 Å². The number of methoxy groups -OCH3 is 1. The molecule has 0 amide bonds. The lowest BCUT2D eigenvalue weighted by molar-refractivity contribution is 0.0601. The maximum atomic E-state index is 11.5. The van der Waals surface area contributed by atoms with Gasteiger partial charge in [0.2, 0.25) is 11.7 Å². The highest BCUT2D eigenvalue weighted by atomic mass is 32.1. The number of nitrogens with zero attached hydrogens (tertiary/aromatic N) is 2. The second-order valence-electron chi connectivity index (χ2n) is 4.45. The van der Waals surface area contributed by atoms with E-state index in [0.29, 0.717) is 23.8 Å². The van der Waals surface area contributed by atoms with Gasteiger partial charge in [-0.1, -0.05) is 11.2 Å². The molecule has 0 radical (unpaired) electrons. The lowest BCUT2D eigenvalue weighted by atomic mass is 10.2. The summed E-state index contributed by atoms with van der Waals surface area (Å²) in [5.41, 5.74) is 2.20. The summed E-state index contributed by atoms with van der Waals surface area (Å²) in [4.78, 5) is 15.8. The Morgan fingerprint density at radius 1 is 1.41 bits per heavy atom. The molecule has 1 N–H and O–H groups in total. The smallest absolute Gasteiger partial charge is 0.337 e. The number of nitrogens with one attached hydrogen (secondary N) is 1. The predicted molar refractivity (Wildman–Crippen MR) is 82.7 cm³/mol. The minimum Gasteiger partial charge on any atom is -0.465 e. The Kier molecular flexibility index (Phi) is 4.15. The fraction of sp³-hybridized carbons (Fsp3) is 0.133. The molecule has 0 saturated heterocycles. The molecule has 2 heterocycles. The Labute approximate surface area is 130 Å². The van der Waals surface area contributed by atoms with Crippen molar-refractivity contribution in [3.05, 3.63) is 52.5 Å². The minimum absolute atomic E-state index is 0.374. The summed E-state index contributed by atoms with van der Waals surface area (Å²) in [6.45, 7) is 0.377. The highest BCUT2D eigenvalue weighted by Gasteiger charge is 2.09. The van der Waals surface area contributed by atoms with Gasteiger partial charge in [0.15, 0.2) is 0 Å². The molecule has 3 aromatic rings. The lowest BCUT2D eigenvalue weighted by Gasteiger charge is -2.05. The molecule has 3 rings (SSSR count). The topological polar surface area (TPSA) is 77.2 Å². The Morgan fingerprint density at radius 2 is 2.32 bits per heavy atom. The molecule has 0 fully saturated rings. The molecule has 0 aliphatic rings. The van der Waals surface area contributed by atoms with Crippen LogP contribution in [0.2, 0.25) is 0 Å². The van der Waals surface area contributed by atoms with E-state index in [4.69, 9.17) is 9.26 Å². The molecule has 0 spiro atoms. The number of esters is 1. The largest absolute Gasteiger partial charge is 0.465 e. The first kappa shape index (κ1) is 14.3. The number of hydrogen-bond donors (Lipinski definition) is 1. The zero-order valence-electron chi connectivity index (χ0n) is 11.8. The van der Waals surface area contributed by atoms with Crippen molar-refractivity contribution in [3.8, 4) is 11.4 Å². The Balaban J connectivity index is 1.67. The van der Waals surface area contributed by atoms with E-state index in [1.165, 1.54) is 7.11 Å². The SMILES string of the molecule is COC(=O)c1cccc(NCc2nc(-c3ccsc3)no2)c1. The third-order valence-electron chi connectivity index (χ3n) is 2.97. The van der Waals surface area contributed by atoms with Crippen LogP contribution < -0.4 is 5.32 Å². The minimum atomic E-state index is -0.374. The van der Waals surface area contributed by atoms with Gasteiger partial charge in [0.1, 0.15) is 0 Å². The van der Waals surface area contributed by atoms with E-state index in [9.17, 15) is 4.79 Å². The highest BCUT2D eigenvalue weighted by molar-refractivity contribution is 7.08. The van der Waals surface area contributed by atoms with E-state index < -0.39 is 0 Å². The van der Waals surface area contributed by atoms with Gasteiger partial charge in [0.25, 0.3) is 0 Å². The summed E-state index contributed by atoms with van der Waals surface area (Å²) < 4.78 is 9.89. The molecular weight excluding hydrogens is 302 g/mol. The number of carbonyl (C=O) groups excluding carboxylic acids is 1. The van der Waals surface area contributed by atoms with Crippen molar-refractivity contribution < 1.29 is 14.1 Å². The fourth-order valence-corrected chi connectivity index (χ4v) is 2.52. The first-order chi connectivity index (χ1) is 10.8. The van der Waals surface area contributed by atoms with E-state index in [0.717, 1.165) is 11.3 Å². The number of anilines is 1. The molecule has 6 nitrogen and oxygen atoms in total. The predicted octanol–water partition coefficient (Wildman–Crippen LogP) is 3.20. The number of rotatable bonds is 5. The van der Waals surface area contributed by atoms with Crippen LogP contribution in [0.15, 0.2) is 45.6 Å². The molecule has 2 aromatic heterocycles. The lowest BCUT2D eigenvalue weighted by Crippen LogP contribution is -2.04. The van der Waals surface area contributed by atoms with E-state index in [1.807, 2.05) is 22.9 Å². The van der Waals surface area contributed by atoms with Gasteiger partial charge in [-0.2, -0.15) is 16.3 Å². The van der Waals surface area contributed by atoms with E-state index in [1.54, 1.807) is 29.5 Å². The molecule has 0 saturated carbocycles. The van der Waals surface area contributed by atoms with Gasteiger partial charge in [-0.05, 0) is 29.6 Å². The molecule has 0 unspecified atom stereocenters. The molecular formula is C15H13N3O3S. The van der Waals surface area contributed by atoms with Crippen molar-refractivity contribution >= 4 is 23.0 Å². The molecule has 1 aromatic carbocycles. The second kappa shape index (κ2) is 6.40. The van der Waals surface area contributed by atoms with Gasteiger partial charge in [0, 0.05) is 16.6 Å². The maximum absolute atomic E-state index is 11.5. The monoisotopic (exact) mass is 315 g/mol. The van der Waals surface area contributed by atoms with Crippen molar-refractivity contribution in [1.29, 1.82) is 0 Å². The molecule has 112 valence electrons. The number of aromatic nitrogens is 2. The highest BCUT2D eigenvalue weighted by Crippen LogP contribution is 2.19. The van der Waals surface area contributed by atoms with E-state index in [2.05, 4.69) is 15.5 Å². The summed E-state index contributed by atoms with van der Waals surface area (Å²) in [6, 6.07) is 8.97. The van der Waals surface area contributed by atoms with Gasteiger partial charge < -0.3 is 14.6 Å². The number of carbonyl (C=O) groups is 1. The normalized spacial score (nSPS) is 10.4. The molecule has 22 heavy (non-hydrogen) atoms. The summed E-state index contributed by atoms with van der Waals surface area (Å²) in [5, 5.41) is 11.0. The van der Waals surface area contributed by atoms with Crippen LogP contribution in [0.25, 0.3) is 11.4 Å². The number of thiophene rings is 1. The van der Waals surface area contributed by atoms with Gasteiger partial charge in [-0.15, -0.1) is 0 Å². The van der Waals surface area contributed by atoms with Crippen molar-refractivity contribution in [2.45, 2.75) is 6.54 Å². The van der Waals surface area contributed by atoms with Gasteiger partial charge in [0.05, 0.1) is 19.2 Å². The van der Waals surface area contributed by atoms with Crippen LogP contribution in [0.3, 0.4) is 0 Å². The van der Waals surface area contributed by atoms with Crippen molar-refractivity contribution in [3.63, 3.8) is 0 Å². The van der Waals surface area contributed by atoms with Crippen LogP contribution in [0.5, 0.6) is 0 Å². The van der Waals surface area contributed by atoms with Crippen LogP contribution in [0.4, 0.5) is 5.69 Å². The molecule has 0 atom stereocenters. The van der Waals surface area contributed by atoms with Gasteiger partial charge in [-0.25, -0.2) is 4.79 Å². The van der Waals surface area contributed by atoms with E-state index in [-0.39, 0.29) is 5.97 Å². The van der Waals surface area contributed by atoms with Crippen LogP contribution >= 0.6 is 11.3 Å². The summed E-state index contributed by atoms with van der Waals surface area (Å²) in [6.07, 6.45) is 0. The second-order valence-corrected chi connectivity index (χ2v) is 5.23. The molecule has 0 aliphatic heterocycles. The number of ether oxygens (including phenoxy) is 1. The first-order valence-corrected chi connectivity index (χ1v) is 7.48. The fourth-order valence-electron chi connectivity index (χ4n) is 1.89. The van der Waals surface area contributed by atoms with Crippen molar-refractivity contribution in [1.82, 2.24) is 10.1 Å². The Bertz CT molecular complexity index is 768. The van der Waals surface area contributed by atoms with E-state index >= 15 is 0 Å². The quantitative estimate of drug-likeness (QED) is 0.729. The van der Waals surface area contributed by atoms with Crippen LogP contribution in [-0.4, -0.2) is 23.2 Å². The zero-order chi connectivity index (χ0) is 15.4. The average Bonchev–Trinajstić information content (AvgIpc) is 3.23.